The summed E-state index contributed by atoms with van der Waals surface area (Å²) in [6, 6.07) is 14.2. The lowest BCUT2D eigenvalue weighted by Crippen LogP contribution is -2.13. The van der Waals surface area contributed by atoms with Crippen LogP contribution in [-0.2, 0) is 6.42 Å². The second-order valence-electron chi connectivity index (χ2n) is 5.87. The van der Waals surface area contributed by atoms with Gasteiger partial charge in [0.15, 0.2) is 0 Å². The zero-order valence-corrected chi connectivity index (χ0v) is 14.6. The number of hydrogen-bond acceptors (Lipinski definition) is 5. The minimum absolute atomic E-state index is 0.200. The molecule has 1 atom stereocenters. The average Bonchev–Trinajstić information content (AvgIpc) is 2.61. The van der Waals surface area contributed by atoms with Gasteiger partial charge in [0.25, 0.3) is 0 Å². The van der Waals surface area contributed by atoms with Crippen LogP contribution in [0.5, 0.6) is 11.8 Å². The molecule has 5 nitrogen and oxygen atoms in total. The van der Waals surface area contributed by atoms with Gasteiger partial charge in [0.05, 0.1) is 7.11 Å². The first-order valence-corrected chi connectivity index (χ1v) is 8.16. The van der Waals surface area contributed by atoms with Crippen molar-refractivity contribution in [3.05, 3.63) is 77.4 Å². The molecular weight excluding hydrogens is 314 g/mol. The fourth-order valence-electron chi connectivity index (χ4n) is 2.65. The molecule has 0 aliphatic carbocycles. The van der Waals surface area contributed by atoms with Gasteiger partial charge in [-0.05, 0) is 55.3 Å². The largest absolute Gasteiger partial charge is 0.497 e. The number of methoxy groups -OCH3 is 1. The first-order chi connectivity index (χ1) is 12.1. The Hall–Kier alpha value is -2.95. The topological polar surface area (TPSA) is 57.1 Å². The Labute approximate surface area is 147 Å². The van der Waals surface area contributed by atoms with Gasteiger partial charge in [0, 0.05) is 30.2 Å². The van der Waals surface area contributed by atoms with Crippen LogP contribution >= 0.6 is 0 Å². The van der Waals surface area contributed by atoms with Crippen LogP contribution < -0.4 is 9.47 Å². The highest BCUT2D eigenvalue weighted by Crippen LogP contribution is 2.25. The molecule has 0 saturated carbocycles. The maximum Gasteiger partial charge on any atom is 0.317 e. The number of aryl methyl sites for hydroxylation is 2. The van der Waals surface area contributed by atoms with Gasteiger partial charge in [-0.1, -0.05) is 12.1 Å². The number of nitrogens with zero attached hydrogens (tertiary/aromatic N) is 3. The van der Waals surface area contributed by atoms with E-state index in [-0.39, 0.29) is 6.10 Å². The minimum atomic E-state index is -0.200. The summed E-state index contributed by atoms with van der Waals surface area (Å²) in [6.45, 7) is 3.87. The Bertz CT molecular complexity index is 800. The summed E-state index contributed by atoms with van der Waals surface area (Å²) in [5.41, 5.74) is 3.96. The normalized spacial score (nSPS) is 11.8. The summed E-state index contributed by atoms with van der Waals surface area (Å²) >= 11 is 0. The lowest BCUT2D eigenvalue weighted by atomic mass is 10.0. The van der Waals surface area contributed by atoms with Crippen molar-refractivity contribution in [1.82, 2.24) is 15.0 Å². The Morgan fingerprint density at radius 1 is 0.920 bits per heavy atom. The molecule has 25 heavy (non-hydrogen) atoms. The van der Waals surface area contributed by atoms with Crippen molar-refractivity contribution in [2.24, 2.45) is 0 Å². The van der Waals surface area contributed by atoms with Gasteiger partial charge in [-0.2, -0.15) is 0 Å². The monoisotopic (exact) mass is 335 g/mol. The van der Waals surface area contributed by atoms with Crippen molar-refractivity contribution >= 4 is 0 Å². The van der Waals surface area contributed by atoms with Gasteiger partial charge in [-0.15, -0.1) is 0 Å². The second-order valence-corrected chi connectivity index (χ2v) is 5.87. The molecule has 0 bridgehead atoms. The highest BCUT2D eigenvalue weighted by Gasteiger charge is 2.17. The summed E-state index contributed by atoms with van der Waals surface area (Å²) in [7, 11) is 1.66. The molecule has 2 heterocycles. The van der Waals surface area contributed by atoms with Crippen LogP contribution in [0.1, 0.15) is 28.6 Å². The van der Waals surface area contributed by atoms with Crippen molar-refractivity contribution in [1.29, 1.82) is 0 Å². The van der Waals surface area contributed by atoms with Gasteiger partial charge in [-0.3, -0.25) is 4.98 Å². The molecule has 0 fully saturated rings. The van der Waals surface area contributed by atoms with E-state index in [0.29, 0.717) is 12.4 Å². The van der Waals surface area contributed by atoms with Crippen LogP contribution in [0.15, 0.2) is 54.9 Å². The highest BCUT2D eigenvalue weighted by molar-refractivity contribution is 5.30. The van der Waals surface area contributed by atoms with E-state index in [4.69, 9.17) is 9.47 Å². The van der Waals surface area contributed by atoms with Crippen molar-refractivity contribution in [2.75, 3.05) is 7.11 Å². The van der Waals surface area contributed by atoms with Gasteiger partial charge >= 0.3 is 6.01 Å². The van der Waals surface area contributed by atoms with E-state index >= 15 is 0 Å². The van der Waals surface area contributed by atoms with Crippen molar-refractivity contribution in [3.63, 3.8) is 0 Å². The number of rotatable bonds is 6. The SMILES string of the molecule is COc1ccc(C(Cc2ccncc2)Oc2nc(C)cc(C)n2)cc1. The van der Waals surface area contributed by atoms with Crippen LogP contribution in [0.4, 0.5) is 0 Å². The number of hydrogen-bond donors (Lipinski definition) is 0. The van der Waals surface area contributed by atoms with Gasteiger partial charge in [-0.25, -0.2) is 9.97 Å². The Balaban J connectivity index is 1.89. The zero-order chi connectivity index (χ0) is 17.6. The van der Waals surface area contributed by atoms with E-state index in [9.17, 15) is 0 Å². The van der Waals surface area contributed by atoms with E-state index in [1.807, 2.05) is 56.3 Å². The lowest BCUT2D eigenvalue weighted by molar-refractivity contribution is 0.187. The van der Waals surface area contributed by atoms with Crippen molar-refractivity contribution in [3.8, 4) is 11.8 Å². The Morgan fingerprint density at radius 3 is 2.16 bits per heavy atom. The van der Waals surface area contributed by atoms with Crippen LogP contribution in [0, 0.1) is 13.8 Å². The number of benzene rings is 1. The predicted octanol–water partition coefficient (Wildman–Crippen LogP) is 3.86. The summed E-state index contributed by atoms with van der Waals surface area (Å²) in [5, 5.41) is 0. The molecule has 0 spiro atoms. The van der Waals surface area contributed by atoms with E-state index < -0.39 is 0 Å². The highest BCUT2D eigenvalue weighted by atomic mass is 16.5. The standard InChI is InChI=1S/C20H21N3O2/c1-14-12-15(2)23-20(22-14)25-19(13-16-8-10-21-11-9-16)17-4-6-18(24-3)7-5-17/h4-12,19H,13H2,1-3H3. The average molecular weight is 335 g/mol. The molecule has 0 amide bonds. The second kappa shape index (κ2) is 7.75. The van der Waals surface area contributed by atoms with Gasteiger partial charge in [0.2, 0.25) is 0 Å². The maximum absolute atomic E-state index is 6.16. The molecule has 0 saturated heterocycles. The molecule has 0 aliphatic heterocycles. The molecule has 2 aromatic heterocycles. The first-order valence-electron chi connectivity index (χ1n) is 8.16. The molecule has 128 valence electrons. The molecule has 0 aliphatic rings. The fraction of sp³-hybridized carbons (Fsp3) is 0.250. The minimum Gasteiger partial charge on any atom is -0.497 e. The molecule has 5 heteroatoms. The lowest BCUT2D eigenvalue weighted by Gasteiger charge is -2.19. The fourth-order valence-corrected chi connectivity index (χ4v) is 2.65. The van der Waals surface area contributed by atoms with Gasteiger partial charge < -0.3 is 9.47 Å². The third-order valence-corrected chi connectivity index (χ3v) is 3.87. The predicted molar refractivity (Wildman–Crippen MR) is 95.8 cm³/mol. The third kappa shape index (κ3) is 4.53. The summed E-state index contributed by atoms with van der Waals surface area (Å²) in [4.78, 5) is 12.9. The smallest absolute Gasteiger partial charge is 0.317 e. The molecule has 3 aromatic rings. The van der Waals surface area contributed by atoms with Crippen molar-refractivity contribution in [2.45, 2.75) is 26.4 Å². The number of aromatic nitrogens is 3. The summed E-state index contributed by atoms with van der Waals surface area (Å²) in [6.07, 6.45) is 4.07. The summed E-state index contributed by atoms with van der Waals surface area (Å²) in [5.74, 6) is 0.814. The number of ether oxygens (including phenoxy) is 2. The third-order valence-electron chi connectivity index (χ3n) is 3.87. The molecule has 0 radical (unpaired) electrons. The van der Waals surface area contributed by atoms with E-state index in [2.05, 4.69) is 15.0 Å². The van der Waals surface area contributed by atoms with E-state index in [0.717, 1.165) is 28.3 Å². The Kier molecular flexibility index (Phi) is 5.23. The van der Waals surface area contributed by atoms with Crippen LogP contribution in [-0.4, -0.2) is 22.1 Å². The van der Waals surface area contributed by atoms with Crippen LogP contribution in [0.2, 0.25) is 0 Å². The molecular formula is C20H21N3O2. The Morgan fingerprint density at radius 2 is 1.56 bits per heavy atom. The zero-order valence-electron chi connectivity index (χ0n) is 14.6. The molecule has 3 rings (SSSR count). The van der Waals surface area contributed by atoms with Crippen LogP contribution in [0.3, 0.4) is 0 Å². The molecule has 1 aromatic carbocycles. The van der Waals surface area contributed by atoms with Crippen LogP contribution in [0.25, 0.3) is 0 Å². The van der Waals surface area contributed by atoms with E-state index in [1.165, 1.54) is 0 Å². The maximum atomic E-state index is 6.16. The molecule has 0 N–H and O–H groups in total. The summed E-state index contributed by atoms with van der Waals surface area (Å²) < 4.78 is 11.4. The first kappa shape index (κ1) is 16.9. The number of pyridine rings is 1. The van der Waals surface area contributed by atoms with Gasteiger partial charge in [0.1, 0.15) is 11.9 Å². The quantitative estimate of drug-likeness (QED) is 0.684. The molecule has 1 unspecified atom stereocenters. The van der Waals surface area contributed by atoms with Crippen molar-refractivity contribution < 1.29 is 9.47 Å². The van der Waals surface area contributed by atoms with E-state index in [1.54, 1.807) is 19.5 Å².